The normalized spacial score (nSPS) is 19.1. The number of aromatic nitrogens is 1. The van der Waals surface area contributed by atoms with E-state index in [2.05, 4.69) is 20.9 Å². The molecule has 166 valence electrons. The highest BCUT2D eigenvalue weighted by atomic mass is 79.9. The zero-order chi connectivity index (χ0) is 22.9. The maximum atomic E-state index is 13.2. The van der Waals surface area contributed by atoms with Gasteiger partial charge in [-0.05, 0) is 47.5 Å². The third kappa shape index (κ3) is 3.98. The van der Waals surface area contributed by atoms with Gasteiger partial charge in [-0.2, -0.15) is 0 Å². The number of Topliss-reactive ketones (excluding diaryl/α,β-unsaturated/α-hetero) is 1. The quantitative estimate of drug-likeness (QED) is 0.323. The summed E-state index contributed by atoms with van der Waals surface area (Å²) in [4.78, 5) is 31.8. The number of carbonyl (C=O) groups excluding carboxylic acids is 2. The molecule has 1 aromatic heterocycles. The number of halogens is 1. The number of pyridine rings is 1. The highest BCUT2D eigenvalue weighted by Crippen LogP contribution is 2.42. The monoisotopic (exact) mass is 506 g/mol. The van der Waals surface area contributed by atoms with E-state index in [1.807, 2.05) is 30.3 Å². The lowest BCUT2D eigenvalue weighted by Crippen LogP contribution is -2.29. The van der Waals surface area contributed by atoms with E-state index in [0.717, 1.165) is 10.0 Å². The summed E-state index contributed by atoms with van der Waals surface area (Å²) in [5.41, 5.74) is 1.89. The van der Waals surface area contributed by atoms with Crippen LogP contribution in [0.2, 0.25) is 0 Å². The summed E-state index contributed by atoms with van der Waals surface area (Å²) in [6.45, 7) is 1.02. The first kappa shape index (κ1) is 21.2. The summed E-state index contributed by atoms with van der Waals surface area (Å²) in [6, 6.07) is 15.1. The second-order valence-electron chi connectivity index (χ2n) is 7.70. The van der Waals surface area contributed by atoms with Crippen LogP contribution in [0.4, 0.5) is 0 Å². The van der Waals surface area contributed by atoms with Crippen molar-refractivity contribution in [2.24, 2.45) is 0 Å². The molecule has 3 heterocycles. The van der Waals surface area contributed by atoms with Crippen LogP contribution in [0.25, 0.3) is 5.76 Å². The van der Waals surface area contributed by atoms with Crippen molar-refractivity contribution < 1.29 is 24.2 Å². The molecule has 1 saturated heterocycles. The average Bonchev–Trinajstić information content (AvgIpc) is 3.09. The van der Waals surface area contributed by atoms with Gasteiger partial charge in [-0.15, -0.1) is 0 Å². The number of fused-ring (bicyclic) bond motifs is 1. The molecule has 0 aliphatic carbocycles. The molecule has 33 heavy (non-hydrogen) atoms. The topological polar surface area (TPSA) is 89.0 Å². The molecule has 1 fully saturated rings. The molecule has 1 atom stereocenters. The highest BCUT2D eigenvalue weighted by Gasteiger charge is 2.46. The van der Waals surface area contributed by atoms with Crippen LogP contribution in [0.3, 0.4) is 0 Å². The van der Waals surface area contributed by atoms with Crippen molar-refractivity contribution in [3.63, 3.8) is 0 Å². The van der Waals surface area contributed by atoms with Crippen molar-refractivity contribution in [2.75, 3.05) is 13.2 Å². The fourth-order valence-electron chi connectivity index (χ4n) is 4.07. The molecule has 2 aliphatic heterocycles. The molecule has 3 aromatic rings. The molecule has 0 spiro atoms. The standard InChI is InChI=1S/C25H19BrN2O5/c26-18-6-3-16(4-7-18)22-21(23(29)17-5-8-19-20(12-17)33-11-10-32-19)24(30)25(31)28(22)14-15-2-1-9-27-13-15/h1-9,12-13,22,29H,10-11,14H2/t22-/m0/s1. The molecule has 0 unspecified atom stereocenters. The highest BCUT2D eigenvalue weighted by molar-refractivity contribution is 9.10. The Morgan fingerprint density at radius 3 is 2.55 bits per heavy atom. The third-order valence-electron chi connectivity index (χ3n) is 5.62. The Bertz CT molecular complexity index is 1260. The van der Waals surface area contributed by atoms with Crippen LogP contribution in [0.5, 0.6) is 11.5 Å². The molecule has 0 radical (unpaired) electrons. The van der Waals surface area contributed by atoms with E-state index in [4.69, 9.17) is 9.47 Å². The number of nitrogens with zero attached hydrogens (tertiary/aromatic N) is 2. The number of hydrogen-bond acceptors (Lipinski definition) is 6. The fraction of sp³-hybridized carbons (Fsp3) is 0.160. The molecule has 0 saturated carbocycles. The van der Waals surface area contributed by atoms with Gasteiger partial charge in [0.15, 0.2) is 11.5 Å². The lowest BCUT2D eigenvalue weighted by Gasteiger charge is -2.25. The van der Waals surface area contributed by atoms with Crippen LogP contribution in [-0.4, -0.2) is 39.9 Å². The number of ether oxygens (including phenoxy) is 2. The van der Waals surface area contributed by atoms with Gasteiger partial charge in [0.25, 0.3) is 11.7 Å². The lowest BCUT2D eigenvalue weighted by atomic mass is 9.95. The number of hydrogen-bond donors (Lipinski definition) is 1. The molecular weight excluding hydrogens is 488 g/mol. The first-order valence-corrected chi connectivity index (χ1v) is 11.1. The molecule has 0 bridgehead atoms. The molecule has 8 heteroatoms. The third-order valence-corrected chi connectivity index (χ3v) is 6.15. The molecule has 7 nitrogen and oxygen atoms in total. The van der Waals surface area contributed by atoms with Gasteiger partial charge < -0.3 is 19.5 Å². The van der Waals surface area contributed by atoms with E-state index < -0.39 is 17.7 Å². The van der Waals surface area contributed by atoms with E-state index in [9.17, 15) is 14.7 Å². The Kier molecular flexibility index (Phi) is 5.60. The van der Waals surface area contributed by atoms with E-state index in [1.54, 1.807) is 36.7 Å². The summed E-state index contributed by atoms with van der Waals surface area (Å²) in [5.74, 6) is -0.619. The van der Waals surface area contributed by atoms with Crippen molar-refractivity contribution >= 4 is 33.4 Å². The first-order valence-electron chi connectivity index (χ1n) is 10.4. The van der Waals surface area contributed by atoms with Gasteiger partial charge in [-0.3, -0.25) is 14.6 Å². The summed E-state index contributed by atoms with van der Waals surface area (Å²) in [7, 11) is 0. The first-order chi connectivity index (χ1) is 16.0. The lowest BCUT2D eigenvalue weighted by molar-refractivity contribution is -0.140. The van der Waals surface area contributed by atoms with Gasteiger partial charge in [0.2, 0.25) is 0 Å². The summed E-state index contributed by atoms with van der Waals surface area (Å²) >= 11 is 3.42. The molecular formula is C25H19BrN2O5. The predicted molar refractivity (Wildman–Crippen MR) is 124 cm³/mol. The minimum Gasteiger partial charge on any atom is -0.507 e. The maximum Gasteiger partial charge on any atom is 0.295 e. The Balaban J connectivity index is 1.63. The number of likely N-dealkylation sites (tertiary alicyclic amines) is 1. The SMILES string of the molecule is O=C1C(=O)N(Cc2cccnc2)[C@@H](c2ccc(Br)cc2)C1=C(O)c1ccc2c(c1)OCCO2. The zero-order valence-electron chi connectivity index (χ0n) is 17.4. The fourth-order valence-corrected chi connectivity index (χ4v) is 4.33. The summed E-state index contributed by atoms with van der Waals surface area (Å²) in [6.07, 6.45) is 3.30. The van der Waals surface area contributed by atoms with Crippen molar-refractivity contribution in [3.8, 4) is 11.5 Å². The minimum absolute atomic E-state index is 0.0305. The van der Waals surface area contributed by atoms with Gasteiger partial charge in [-0.1, -0.05) is 34.1 Å². The zero-order valence-corrected chi connectivity index (χ0v) is 19.0. The Morgan fingerprint density at radius 1 is 1.06 bits per heavy atom. The van der Waals surface area contributed by atoms with E-state index >= 15 is 0 Å². The van der Waals surface area contributed by atoms with Crippen LogP contribution in [-0.2, 0) is 16.1 Å². The average molecular weight is 507 g/mol. The van der Waals surface area contributed by atoms with Gasteiger partial charge in [-0.25, -0.2) is 0 Å². The van der Waals surface area contributed by atoms with Gasteiger partial charge in [0.1, 0.15) is 19.0 Å². The Morgan fingerprint density at radius 2 is 1.82 bits per heavy atom. The van der Waals surface area contributed by atoms with Crippen molar-refractivity contribution in [2.45, 2.75) is 12.6 Å². The van der Waals surface area contributed by atoms with Crippen LogP contribution in [0.1, 0.15) is 22.7 Å². The minimum atomic E-state index is -0.758. The molecule has 2 aromatic carbocycles. The Hall–Kier alpha value is -3.65. The number of amides is 1. The second-order valence-corrected chi connectivity index (χ2v) is 8.61. The largest absolute Gasteiger partial charge is 0.507 e. The van der Waals surface area contributed by atoms with E-state index in [1.165, 1.54) is 4.90 Å². The van der Waals surface area contributed by atoms with Crippen LogP contribution in [0, 0.1) is 0 Å². The van der Waals surface area contributed by atoms with Gasteiger partial charge in [0.05, 0.1) is 11.6 Å². The van der Waals surface area contributed by atoms with Crippen molar-refractivity contribution in [3.05, 3.63) is 93.7 Å². The van der Waals surface area contributed by atoms with Gasteiger partial charge in [0, 0.05) is 29.0 Å². The van der Waals surface area contributed by atoms with Crippen LogP contribution in [0.15, 0.2) is 77.0 Å². The van der Waals surface area contributed by atoms with Crippen molar-refractivity contribution in [1.82, 2.24) is 9.88 Å². The predicted octanol–water partition coefficient (Wildman–Crippen LogP) is 4.24. The van der Waals surface area contributed by atoms with Gasteiger partial charge >= 0.3 is 0 Å². The number of rotatable bonds is 4. The Labute approximate surface area is 198 Å². The molecule has 2 aliphatic rings. The van der Waals surface area contributed by atoms with Crippen LogP contribution < -0.4 is 9.47 Å². The molecule has 5 rings (SSSR count). The van der Waals surface area contributed by atoms with Crippen LogP contribution >= 0.6 is 15.9 Å². The number of benzene rings is 2. The number of ketones is 1. The summed E-state index contributed by atoms with van der Waals surface area (Å²) in [5, 5.41) is 11.2. The van der Waals surface area contributed by atoms with E-state index in [-0.39, 0.29) is 17.9 Å². The number of aliphatic hydroxyl groups is 1. The second kappa shape index (κ2) is 8.71. The molecule has 1 amide bonds. The van der Waals surface area contributed by atoms with Crippen molar-refractivity contribution in [1.29, 1.82) is 0 Å². The maximum absolute atomic E-state index is 13.2. The number of carbonyl (C=O) groups is 2. The van der Waals surface area contributed by atoms with E-state index in [0.29, 0.717) is 35.8 Å². The summed E-state index contributed by atoms with van der Waals surface area (Å²) < 4.78 is 12.0. The number of aliphatic hydroxyl groups excluding tert-OH is 1. The molecule has 1 N–H and O–H groups in total. The smallest absolute Gasteiger partial charge is 0.295 e.